The summed E-state index contributed by atoms with van der Waals surface area (Å²) in [5.41, 5.74) is 3.91. The summed E-state index contributed by atoms with van der Waals surface area (Å²) in [6.45, 7) is 0. The van der Waals surface area contributed by atoms with Gasteiger partial charge in [0.25, 0.3) is 0 Å². The molecule has 1 aromatic carbocycles. The van der Waals surface area contributed by atoms with E-state index in [1.54, 1.807) is 33.5 Å². The Morgan fingerprint density at radius 1 is 1.17 bits per heavy atom. The third-order valence-electron chi connectivity index (χ3n) is 4.94. The van der Waals surface area contributed by atoms with Gasteiger partial charge in [-0.15, -0.1) is 11.3 Å². The number of fused-ring (bicyclic) bond motifs is 3. The molecule has 152 valence electrons. The van der Waals surface area contributed by atoms with Crippen molar-refractivity contribution in [1.82, 2.24) is 14.8 Å². The van der Waals surface area contributed by atoms with E-state index in [2.05, 4.69) is 15.4 Å². The summed E-state index contributed by atoms with van der Waals surface area (Å²) in [6, 6.07) is 3.55. The highest BCUT2D eigenvalue weighted by Crippen LogP contribution is 2.39. The van der Waals surface area contributed by atoms with Gasteiger partial charge >= 0.3 is 0 Å². The molecule has 4 rings (SSSR count). The van der Waals surface area contributed by atoms with Crippen molar-refractivity contribution in [3.05, 3.63) is 34.5 Å². The molecule has 0 fully saturated rings. The molecule has 8 nitrogen and oxygen atoms in total. The van der Waals surface area contributed by atoms with Gasteiger partial charge in [0, 0.05) is 23.2 Å². The largest absolute Gasteiger partial charge is 0.493 e. The van der Waals surface area contributed by atoms with E-state index in [-0.39, 0.29) is 12.3 Å². The minimum Gasteiger partial charge on any atom is -0.493 e. The molecular weight excluding hydrogens is 392 g/mol. The molecule has 1 amide bonds. The molecule has 2 heterocycles. The molecule has 0 bridgehead atoms. The van der Waals surface area contributed by atoms with Gasteiger partial charge in [0.05, 0.1) is 39.6 Å². The Morgan fingerprint density at radius 2 is 1.90 bits per heavy atom. The van der Waals surface area contributed by atoms with Gasteiger partial charge in [-0.05, 0) is 30.5 Å². The van der Waals surface area contributed by atoms with Crippen molar-refractivity contribution in [3.8, 4) is 28.5 Å². The van der Waals surface area contributed by atoms with Gasteiger partial charge in [0.15, 0.2) is 16.6 Å². The fraction of sp³-hybridized carbons (Fsp3) is 0.350. The van der Waals surface area contributed by atoms with Gasteiger partial charge in [0.2, 0.25) is 11.7 Å². The van der Waals surface area contributed by atoms with E-state index in [0.29, 0.717) is 22.4 Å². The van der Waals surface area contributed by atoms with Crippen LogP contribution in [0.2, 0.25) is 0 Å². The van der Waals surface area contributed by atoms with Gasteiger partial charge in [0.1, 0.15) is 0 Å². The fourth-order valence-corrected chi connectivity index (χ4v) is 4.55. The molecule has 0 spiro atoms. The lowest BCUT2D eigenvalue weighted by Gasteiger charge is -2.13. The summed E-state index contributed by atoms with van der Waals surface area (Å²) in [6.07, 6.45) is 3.84. The van der Waals surface area contributed by atoms with Crippen molar-refractivity contribution < 1.29 is 19.0 Å². The SMILES string of the molecule is COc1cc(CC(=O)Nc2nc3c(s2)CCc2c-3cnn2C)cc(OC)c1OC. The van der Waals surface area contributed by atoms with Crippen molar-refractivity contribution in [2.45, 2.75) is 19.3 Å². The minimum atomic E-state index is -0.156. The Hall–Kier alpha value is -3.07. The lowest BCUT2D eigenvalue weighted by Crippen LogP contribution is -2.14. The number of aryl methyl sites for hydroxylation is 2. The van der Waals surface area contributed by atoms with E-state index in [4.69, 9.17) is 14.2 Å². The van der Waals surface area contributed by atoms with Crippen LogP contribution in [0.1, 0.15) is 16.1 Å². The minimum absolute atomic E-state index is 0.156. The monoisotopic (exact) mass is 414 g/mol. The summed E-state index contributed by atoms with van der Waals surface area (Å²) in [7, 11) is 6.59. The number of hydrogen-bond acceptors (Lipinski definition) is 7. The van der Waals surface area contributed by atoms with E-state index >= 15 is 0 Å². The van der Waals surface area contributed by atoms with Gasteiger partial charge in [-0.2, -0.15) is 5.10 Å². The first kappa shape index (κ1) is 19.3. The number of benzene rings is 1. The number of anilines is 1. The maximum absolute atomic E-state index is 12.6. The van der Waals surface area contributed by atoms with Crippen LogP contribution in [0.3, 0.4) is 0 Å². The average molecular weight is 414 g/mol. The fourth-order valence-electron chi connectivity index (χ4n) is 3.56. The predicted molar refractivity (Wildman–Crippen MR) is 110 cm³/mol. The molecule has 0 saturated carbocycles. The Kier molecular flexibility index (Phi) is 5.14. The zero-order valence-corrected chi connectivity index (χ0v) is 17.6. The first-order chi connectivity index (χ1) is 14.0. The van der Waals surface area contributed by atoms with Crippen LogP contribution in [0.4, 0.5) is 5.13 Å². The number of carbonyl (C=O) groups is 1. The summed E-state index contributed by atoms with van der Waals surface area (Å²) in [4.78, 5) is 18.4. The van der Waals surface area contributed by atoms with E-state index in [1.165, 1.54) is 21.9 Å². The summed E-state index contributed by atoms with van der Waals surface area (Å²) in [5, 5.41) is 7.85. The van der Waals surface area contributed by atoms with Crippen molar-refractivity contribution in [2.24, 2.45) is 7.05 Å². The topological polar surface area (TPSA) is 87.5 Å². The first-order valence-corrected chi connectivity index (χ1v) is 9.95. The van der Waals surface area contributed by atoms with E-state index in [1.807, 2.05) is 17.9 Å². The van der Waals surface area contributed by atoms with Gasteiger partial charge in [-0.3, -0.25) is 9.48 Å². The maximum Gasteiger partial charge on any atom is 0.230 e. The van der Waals surface area contributed by atoms with E-state index in [0.717, 1.165) is 29.7 Å². The third-order valence-corrected chi connectivity index (χ3v) is 5.97. The summed E-state index contributed by atoms with van der Waals surface area (Å²) in [5.74, 6) is 1.38. The Morgan fingerprint density at radius 3 is 2.55 bits per heavy atom. The molecule has 0 atom stereocenters. The second kappa shape index (κ2) is 7.75. The zero-order valence-electron chi connectivity index (χ0n) is 16.7. The number of carbonyl (C=O) groups excluding carboxylic acids is 1. The van der Waals surface area contributed by atoms with Crippen LogP contribution in [-0.2, 0) is 31.1 Å². The van der Waals surface area contributed by atoms with Crippen molar-refractivity contribution in [1.29, 1.82) is 0 Å². The first-order valence-electron chi connectivity index (χ1n) is 9.13. The predicted octanol–water partition coefficient (Wildman–Crippen LogP) is 2.85. The molecule has 29 heavy (non-hydrogen) atoms. The molecule has 0 unspecified atom stereocenters. The Bertz CT molecular complexity index is 1050. The Balaban J connectivity index is 1.52. The number of methoxy groups -OCH3 is 3. The van der Waals surface area contributed by atoms with Crippen LogP contribution in [0, 0.1) is 0 Å². The van der Waals surface area contributed by atoms with Crippen LogP contribution >= 0.6 is 11.3 Å². The molecule has 9 heteroatoms. The maximum atomic E-state index is 12.6. The Labute approximate surface area is 172 Å². The molecule has 0 saturated heterocycles. The summed E-state index contributed by atoms with van der Waals surface area (Å²) < 4.78 is 17.9. The van der Waals surface area contributed by atoms with E-state index in [9.17, 15) is 4.79 Å². The second-order valence-electron chi connectivity index (χ2n) is 6.68. The number of aromatic nitrogens is 3. The lowest BCUT2D eigenvalue weighted by atomic mass is 10.0. The van der Waals surface area contributed by atoms with Crippen molar-refractivity contribution in [2.75, 3.05) is 26.6 Å². The van der Waals surface area contributed by atoms with Gasteiger partial charge in [-0.1, -0.05) is 0 Å². The van der Waals surface area contributed by atoms with E-state index < -0.39 is 0 Å². The molecule has 2 aromatic heterocycles. The molecular formula is C20H22N4O4S. The third kappa shape index (κ3) is 3.53. The number of ether oxygens (including phenoxy) is 3. The quantitative estimate of drug-likeness (QED) is 0.667. The number of rotatable bonds is 6. The number of nitrogens with zero attached hydrogens (tertiary/aromatic N) is 3. The molecule has 3 aromatic rings. The smallest absolute Gasteiger partial charge is 0.230 e. The highest BCUT2D eigenvalue weighted by Gasteiger charge is 2.24. The van der Waals surface area contributed by atoms with Crippen LogP contribution in [0.5, 0.6) is 17.2 Å². The van der Waals surface area contributed by atoms with Crippen molar-refractivity contribution in [3.63, 3.8) is 0 Å². The number of nitrogens with one attached hydrogen (secondary N) is 1. The number of thiazole rings is 1. The zero-order chi connectivity index (χ0) is 20.5. The number of amides is 1. The molecule has 1 aliphatic rings. The van der Waals surface area contributed by atoms with Crippen LogP contribution in [-0.4, -0.2) is 42.0 Å². The summed E-state index contributed by atoms with van der Waals surface area (Å²) >= 11 is 1.52. The number of hydrogen-bond donors (Lipinski definition) is 1. The average Bonchev–Trinajstić information content (AvgIpc) is 3.29. The van der Waals surface area contributed by atoms with Gasteiger partial charge < -0.3 is 19.5 Å². The normalized spacial score (nSPS) is 12.1. The molecule has 1 N–H and O–H groups in total. The standard InChI is InChI=1S/C20H22N4O4S/c1-24-13-5-6-16-18(12(13)10-21-24)23-20(29-16)22-17(25)9-11-7-14(26-2)19(28-4)15(8-11)27-3/h7-8,10H,5-6,9H2,1-4H3,(H,22,23,25). The molecule has 0 aliphatic heterocycles. The molecule has 1 aliphatic carbocycles. The van der Waals surface area contributed by atoms with Crippen LogP contribution in [0.25, 0.3) is 11.3 Å². The second-order valence-corrected chi connectivity index (χ2v) is 7.76. The van der Waals surface area contributed by atoms with Gasteiger partial charge in [-0.25, -0.2) is 4.98 Å². The van der Waals surface area contributed by atoms with Crippen LogP contribution in [0.15, 0.2) is 18.3 Å². The lowest BCUT2D eigenvalue weighted by molar-refractivity contribution is -0.115. The van der Waals surface area contributed by atoms with Crippen LogP contribution < -0.4 is 19.5 Å². The highest BCUT2D eigenvalue weighted by atomic mass is 32.1. The molecule has 0 radical (unpaired) electrons. The highest BCUT2D eigenvalue weighted by molar-refractivity contribution is 7.16. The van der Waals surface area contributed by atoms with Crippen molar-refractivity contribution >= 4 is 22.4 Å².